The molecule has 4 rings (SSSR count). The molecule has 0 atom stereocenters. The topological polar surface area (TPSA) is 60.9 Å². The summed E-state index contributed by atoms with van der Waals surface area (Å²) in [7, 11) is 0. The number of nitrogens with zero attached hydrogens (tertiary/aromatic N) is 6. The Bertz CT molecular complexity index is 1040. The Hall–Kier alpha value is -1.96. The number of pyridine rings is 1. The van der Waals surface area contributed by atoms with Crippen LogP contribution < -0.4 is 0 Å². The van der Waals surface area contributed by atoms with E-state index in [0.29, 0.717) is 34.0 Å². The molecular weight excluding hydrogens is 415 g/mol. The Labute approximate surface area is 155 Å². The molecule has 0 unspecified atom stereocenters. The molecule has 6 nitrogen and oxygen atoms in total. The van der Waals surface area contributed by atoms with Crippen LogP contribution in [0.1, 0.15) is 5.69 Å². The van der Waals surface area contributed by atoms with Gasteiger partial charge < -0.3 is 4.57 Å². The fourth-order valence-electron chi connectivity index (χ4n) is 2.39. The number of aromatic nitrogens is 6. The van der Waals surface area contributed by atoms with Crippen LogP contribution in [0.15, 0.2) is 47.3 Å². The molecular formula is C15H9BrCl2N6. The summed E-state index contributed by atoms with van der Waals surface area (Å²) >= 11 is 15.5. The van der Waals surface area contributed by atoms with Crippen molar-refractivity contribution in [2.75, 3.05) is 0 Å². The van der Waals surface area contributed by atoms with Gasteiger partial charge in [-0.2, -0.15) is 5.10 Å². The summed E-state index contributed by atoms with van der Waals surface area (Å²) in [6.45, 7) is 0.505. The monoisotopic (exact) mass is 422 g/mol. The fourth-order valence-corrected chi connectivity index (χ4v) is 3.17. The van der Waals surface area contributed by atoms with Crippen molar-refractivity contribution in [3.63, 3.8) is 0 Å². The predicted octanol–water partition coefficient (Wildman–Crippen LogP) is 4.11. The van der Waals surface area contributed by atoms with Crippen LogP contribution in [0.4, 0.5) is 0 Å². The van der Waals surface area contributed by atoms with Gasteiger partial charge in [0.15, 0.2) is 11.5 Å². The van der Waals surface area contributed by atoms with Crippen molar-refractivity contribution in [3.8, 4) is 11.5 Å². The molecule has 4 aromatic heterocycles. The molecule has 4 heterocycles. The average molecular weight is 424 g/mol. The van der Waals surface area contributed by atoms with Gasteiger partial charge in [-0.25, -0.2) is 19.5 Å². The van der Waals surface area contributed by atoms with Crippen LogP contribution in [0, 0.1) is 0 Å². The Balaban J connectivity index is 1.75. The Morgan fingerprint density at radius 2 is 1.92 bits per heavy atom. The molecule has 120 valence electrons. The molecule has 0 saturated heterocycles. The van der Waals surface area contributed by atoms with Crippen LogP contribution in [-0.2, 0) is 6.54 Å². The van der Waals surface area contributed by atoms with Gasteiger partial charge in [-0.15, -0.1) is 0 Å². The largest absolute Gasteiger partial charge is 0.324 e. The minimum Gasteiger partial charge on any atom is -0.324 e. The predicted molar refractivity (Wildman–Crippen MR) is 95.3 cm³/mol. The van der Waals surface area contributed by atoms with Crippen LogP contribution in [-0.4, -0.2) is 29.1 Å². The molecule has 0 amide bonds. The van der Waals surface area contributed by atoms with E-state index in [4.69, 9.17) is 23.2 Å². The van der Waals surface area contributed by atoms with Gasteiger partial charge >= 0.3 is 0 Å². The van der Waals surface area contributed by atoms with E-state index in [0.717, 1.165) is 10.3 Å². The summed E-state index contributed by atoms with van der Waals surface area (Å²) in [5.41, 5.74) is 2.23. The second-order valence-corrected chi connectivity index (χ2v) is 6.53. The minimum atomic E-state index is 0.401. The summed E-state index contributed by atoms with van der Waals surface area (Å²) in [5, 5.41) is 5.06. The highest BCUT2D eigenvalue weighted by Crippen LogP contribution is 2.23. The van der Waals surface area contributed by atoms with Crippen molar-refractivity contribution >= 4 is 44.8 Å². The molecule has 0 saturated carbocycles. The molecule has 24 heavy (non-hydrogen) atoms. The molecule has 0 aliphatic rings. The van der Waals surface area contributed by atoms with E-state index in [2.05, 4.69) is 36.0 Å². The van der Waals surface area contributed by atoms with Gasteiger partial charge in [-0.05, 0) is 40.2 Å². The standard InChI is InChI=1S/C15H9BrCl2N6/c16-14-10(21-13-5-4-12(18)22-24(13)14)8-23-7-6-19-15(23)9-2-1-3-11(17)20-9/h1-7H,8H2. The lowest BCUT2D eigenvalue weighted by molar-refractivity contribution is 0.777. The quantitative estimate of drug-likeness (QED) is 0.465. The van der Waals surface area contributed by atoms with Crippen LogP contribution in [0.25, 0.3) is 17.2 Å². The molecule has 0 N–H and O–H groups in total. The van der Waals surface area contributed by atoms with Gasteiger partial charge in [-0.1, -0.05) is 29.3 Å². The fraction of sp³-hybridized carbons (Fsp3) is 0.0667. The number of hydrogen-bond acceptors (Lipinski definition) is 4. The highest BCUT2D eigenvalue weighted by Gasteiger charge is 2.14. The molecule has 9 heteroatoms. The number of imidazole rings is 2. The van der Waals surface area contributed by atoms with E-state index in [1.54, 1.807) is 22.8 Å². The Morgan fingerprint density at radius 3 is 2.75 bits per heavy atom. The van der Waals surface area contributed by atoms with Crippen molar-refractivity contribution < 1.29 is 0 Å². The first-order chi connectivity index (χ1) is 11.6. The summed E-state index contributed by atoms with van der Waals surface area (Å²) < 4.78 is 4.36. The van der Waals surface area contributed by atoms with Crippen molar-refractivity contribution in [2.45, 2.75) is 6.54 Å². The van der Waals surface area contributed by atoms with Crippen LogP contribution in [0.3, 0.4) is 0 Å². The van der Waals surface area contributed by atoms with Crippen molar-refractivity contribution in [3.05, 3.63) is 63.3 Å². The maximum absolute atomic E-state index is 5.98. The van der Waals surface area contributed by atoms with Crippen LogP contribution in [0.5, 0.6) is 0 Å². The lowest BCUT2D eigenvalue weighted by atomic mass is 10.3. The van der Waals surface area contributed by atoms with Gasteiger partial charge in [0.1, 0.15) is 20.6 Å². The first-order valence-electron chi connectivity index (χ1n) is 6.95. The third-order valence-corrected chi connectivity index (χ3v) is 4.64. The van der Waals surface area contributed by atoms with E-state index in [-0.39, 0.29) is 0 Å². The van der Waals surface area contributed by atoms with E-state index < -0.39 is 0 Å². The first-order valence-corrected chi connectivity index (χ1v) is 8.50. The minimum absolute atomic E-state index is 0.401. The number of hydrogen-bond donors (Lipinski definition) is 0. The molecule has 0 spiro atoms. The van der Waals surface area contributed by atoms with Crippen molar-refractivity contribution in [2.24, 2.45) is 0 Å². The van der Waals surface area contributed by atoms with Gasteiger partial charge in [0.25, 0.3) is 0 Å². The second-order valence-electron chi connectivity index (χ2n) is 5.00. The van der Waals surface area contributed by atoms with Crippen molar-refractivity contribution in [1.82, 2.24) is 29.1 Å². The number of rotatable bonds is 3. The maximum atomic E-state index is 5.98. The summed E-state index contributed by atoms with van der Waals surface area (Å²) in [5.74, 6) is 0.715. The third-order valence-electron chi connectivity index (χ3n) is 3.44. The summed E-state index contributed by atoms with van der Waals surface area (Å²) in [6, 6.07) is 8.96. The average Bonchev–Trinajstić information content (AvgIpc) is 3.14. The van der Waals surface area contributed by atoms with Gasteiger partial charge in [0.2, 0.25) is 0 Å². The number of halogens is 3. The molecule has 0 aliphatic carbocycles. The van der Waals surface area contributed by atoms with Gasteiger partial charge in [0, 0.05) is 12.4 Å². The third kappa shape index (κ3) is 2.79. The molecule has 0 aromatic carbocycles. The van der Waals surface area contributed by atoms with Gasteiger partial charge in [0.05, 0.1) is 12.2 Å². The Morgan fingerprint density at radius 1 is 1.04 bits per heavy atom. The molecule has 0 aliphatic heterocycles. The van der Waals surface area contributed by atoms with Crippen LogP contribution >= 0.6 is 39.1 Å². The van der Waals surface area contributed by atoms with E-state index in [1.807, 2.05) is 29.0 Å². The van der Waals surface area contributed by atoms with E-state index >= 15 is 0 Å². The summed E-state index contributed by atoms with van der Waals surface area (Å²) in [4.78, 5) is 13.3. The zero-order chi connectivity index (χ0) is 16.7. The summed E-state index contributed by atoms with van der Waals surface area (Å²) in [6.07, 6.45) is 3.59. The normalized spacial score (nSPS) is 11.3. The highest BCUT2D eigenvalue weighted by atomic mass is 79.9. The molecule has 0 bridgehead atoms. The lowest BCUT2D eigenvalue weighted by Gasteiger charge is -2.06. The molecule has 0 fully saturated rings. The molecule has 0 radical (unpaired) electrons. The van der Waals surface area contributed by atoms with Crippen LogP contribution in [0.2, 0.25) is 10.3 Å². The SMILES string of the molecule is Clc1cccc(-c2nccn2Cc2nc3ccc(Cl)nn3c2Br)n1. The zero-order valence-corrected chi connectivity index (χ0v) is 15.2. The maximum Gasteiger partial charge on any atom is 0.159 e. The Kier molecular flexibility index (Phi) is 3.99. The van der Waals surface area contributed by atoms with E-state index in [9.17, 15) is 0 Å². The lowest BCUT2D eigenvalue weighted by Crippen LogP contribution is -2.03. The second kappa shape index (κ2) is 6.16. The first kappa shape index (κ1) is 15.6. The highest BCUT2D eigenvalue weighted by molar-refractivity contribution is 9.10. The van der Waals surface area contributed by atoms with E-state index in [1.165, 1.54) is 0 Å². The molecule has 4 aromatic rings. The van der Waals surface area contributed by atoms with Crippen molar-refractivity contribution in [1.29, 1.82) is 0 Å². The van der Waals surface area contributed by atoms with Gasteiger partial charge in [-0.3, -0.25) is 0 Å². The zero-order valence-electron chi connectivity index (χ0n) is 12.1. The number of fused-ring (bicyclic) bond motifs is 1. The smallest absolute Gasteiger partial charge is 0.159 e.